The van der Waals surface area contributed by atoms with Gasteiger partial charge in [-0.3, -0.25) is 9.36 Å². The smallest absolute Gasteiger partial charge is 0.384 e. The summed E-state index contributed by atoms with van der Waals surface area (Å²) in [5.41, 5.74) is 8.48. The molecule has 0 spiro atoms. The normalized spacial score (nSPS) is 11.5. The Kier molecular flexibility index (Phi) is 8.67. The summed E-state index contributed by atoms with van der Waals surface area (Å²) in [6, 6.07) is 17.6. The minimum absolute atomic E-state index is 0.121. The van der Waals surface area contributed by atoms with Gasteiger partial charge in [-0.25, -0.2) is 15.0 Å². The zero-order valence-electron chi connectivity index (χ0n) is 24.3. The third-order valence-electron chi connectivity index (χ3n) is 7.03. The summed E-state index contributed by atoms with van der Waals surface area (Å²) < 4.78 is 48.3. The van der Waals surface area contributed by atoms with E-state index >= 15 is 0 Å². The molecule has 44 heavy (non-hydrogen) atoms. The van der Waals surface area contributed by atoms with E-state index in [4.69, 9.17) is 15.5 Å². The number of aromatic nitrogens is 4. The number of anilines is 5. The van der Waals surface area contributed by atoms with Gasteiger partial charge in [0.05, 0.1) is 23.2 Å². The number of rotatable bonds is 10. The lowest BCUT2D eigenvalue weighted by molar-refractivity contribution is -0.137. The molecule has 228 valence electrons. The number of hydrogen-bond donors (Lipinski definition) is 3. The number of halogens is 3. The van der Waals surface area contributed by atoms with Gasteiger partial charge in [0.1, 0.15) is 18.0 Å². The van der Waals surface area contributed by atoms with Gasteiger partial charge in [0.15, 0.2) is 0 Å². The summed E-state index contributed by atoms with van der Waals surface area (Å²) in [4.78, 5) is 28.1. The number of aryl methyl sites for hydroxylation is 1. The van der Waals surface area contributed by atoms with Gasteiger partial charge in [0.25, 0.3) is 5.91 Å². The van der Waals surface area contributed by atoms with Crippen LogP contribution in [0, 0.1) is 6.92 Å². The van der Waals surface area contributed by atoms with Gasteiger partial charge >= 0.3 is 6.18 Å². The molecule has 2 heterocycles. The summed E-state index contributed by atoms with van der Waals surface area (Å²) in [6.45, 7) is 4.83. The third kappa shape index (κ3) is 6.57. The van der Waals surface area contributed by atoms with E-state index in [0.717, 1.165) is 23.2 Å². The number of para-hydroxylation sites is 2. The number of fused-ring (bicyclic) bond motifs is 1. The van der Waals surface area contributed by atoms with Crippen LogP contribution < -0.4 is 21.3 Å². The summed E-state index contributed by atoms with van der Waals surface area (Å²) in [5.74, 6) is 0.550. The summed E-state index contributed by atoms with van der Waals surface area (Å²) in [5, 5.41) is 6.06. The van der Waals surface area contributed by atoms with E-state index in [1.165, 1.54) is 19.5 Å². The van der Waals surface area contributed by atoms with E-state index in [0.29, 0.717) is 48.4 Å². The van der Waals surface area contributed by atoms with Crippen molar-refractivity contribution in [1.29, 1.82) is 0 Å². The molecule has 0 bridgehead atoms. The minimum atomic E-state index is -4.63. The number of carbonyl (C=O) groups excluding carboxylic acids is 1. The molecule has 2 aromatic heterocycles. The lowest BCUT2D eigenvalue weighted by Gasteiger charge is -2.24. The molecule has 0 saturated heterocycles. The van der Waals surface area contributed by atoms with Gasteiger partial charge in [0.2, 0.25) is 5.95 Å². The van der Waals surface area contributed by atoms with Crippen LogP contribution in [-0.4, -0.2) is 52.2 Å². The van der Waals surface area contributed by atoms with Crippen molar-refractivity contribution in [2.45, 2.75) is 20.0 Å². The van der Waals surface area contributed by atoms with Crippen molar-refractivity contribution < 1.29 is 22.7 Å². The van der Waals surface area contributed by atoms with Crippen LogP contribution in [0.4, 0.5) is 42.0 Å². The van der Waals surface area contributed by atoms with Gasteiger partial charge in [0, 0.05) is 48.9 Å². The molecule has 0 radical (unpaired) electrons. The highest BCUT2D eigenvalue weighted by Crippen LogP contribution is 2.34. The number of alkyl halides is 3. The molecule has 0 fully saturated rings. The molecule has 0 saturated carbocycles. The van der Waals surface area contributed by atoms with E-state index in [9.17, 15) is 18.0 Å². The van der Waals surface area contributed by atoms with Gasteiger partial charge in [-0.05, 0) is 61.9 Å². The first-order chi connectivity index (χ1) is 21.1. The third-order valence-corrected chi connectivity index (χ3v) is 7.03. The van der Waals surface area contributed by atoms with Crippen molar-refractivity contribution in [2.75, 3.05) is 48.1 Å². The number of nitrogens with zero attached hydrogens (tertiary/aromatic N) is 5. The fourth-order valence-electron chi connectivity index (χ4n) is 4.74. The highest BCUT2D eigenvalue weighted by Gasteiger charge is 2.32. The highest BCUT2D eigenvalue weighted by atomic mass is 19.4. The summed E-state index contributed by atoms with van der Waals surface area (Å²) in [7, 11) is 1.52. The number of benzene rings is 3. The van der Waals surface area contributed by atoms with E-state index < -0.39 is 17.6 Å². The maximum atomic E-state index is 13.8. The molecule has 1 amide bonds. The van der Waals surface area contributed by atoms with Crippen molar-refractivity contribution in [3.8, 4) is 5.82 Å². The van der Waals surface area contributed by atoms with Gasteiger partial charge in [-0.15, -0.1) is 0 Å². The maximum Gasteiger partial charge on any atom is 0.416 e. The van der Waals surface area contributed by atoms with E-state index in [1.807, 2.05) is 38.1 Å². The zero-order chi connectivity index (χ0) is 31.4. The van der Waals surface area contributed by atoms with Gasteiger partial charge < -0.3 is 26.0 Å². The van der Waals surface area contributed by atoms with Crippen molar-refractivity contribution in [3.05, 3.63) is 89.7 Å². The number of nitrogen functional groups attached to an aromatic ring is 1. The number of amides is 1. The Balaban J connectivity index is 1.47. The Labute approximate surface area is 251 Å². The minimum Gasteiger partial charge on any atom is -0.384 e. The first-order valence-corrected chi connectivity index (χ1v) is 13.8. The van der Waals surface area contributed by atoms with Crippen LogP contribution in [-0.2, 0) is 10.9 Å². The number of likely N-dealkylation sites (N-methyl/N-ethyl adjacent to an activating group) is 1. The van der Waals surface area contributed by atoms with Crippen molar-refractivity contribution >= 4 is 45.8 Å². The van der Waals surface area contributed by atoms with E-state index in [2.05, 4.69) is 20.6 Å². The number of nitrogens with one attached hydrogen (secondary N) is 2. The predicted octanol–water partition coefficient (Wildman–Crippen LogP) is 6.19. The second-order valence-corrected chi connectivity index (χ2v) is 10.0. The van der Waals surface area contributed by atoms with Crippen molar-refractivity contribution in [1.82, 2.24) is 19.5 Å². The summed E-state index contributed by atoms with van der Waals surface area (Å²) >= 11 is 0. The molecule has 13 heteroatoms. The lowest BCUT2D eigenvalue weighted by atomic mass is 10.1. The molecule has 0 unspecified atom stereocenters. The van der Waals surface area contributed by atoms with Gasteiger partial charge in [-0.2, -0.15) is 13.2 Å². The van der Waals surface area contributed by atoms with Crippen LogP contribution >= 0.6 is 0 Å². The van der Waals surface area contributed by atoms with E-state index in [1.54, 1.807) is 33.7 Å². The monoisotopic (exact) mass is 604 g/mol. The Morgan fingerprint density at radius 1 is 1.07 bits per heavy atom. The van der Waals surface area contributed by atoms with Crippen LogP contribution in [0.3, 0.4) is 0 Å². The number of methoxy groups -OCH3 is 1. The first kappa shape index (κ1) is 30.3. The number of nitrogens with two attached hydrogens (primary N) is 1. The molecule has 0 atom stereocenters. The molecule has 10 nitrogen and oxygen atoms in total. The average Bonchev–Trinajstić information content (AvgIpc) is 3.36. The molecule has 0 aliphatic heterocycles. The van der Waals surface area contributed by atoms with Crippen LogP contribution in [0.15, 0.2) is 73.1 Å². The van der Waals surface area contributed by atoms with Crippen LogP contribution in [0.1, 0.15) is 28.4 Å². The topological polar surface area (TPSA) is 123 Å². The zero-order valence-corrected chi connectivity index (χ0v) is 24.3. The predicted molar refractivity (Wildman–Crippen MR) is 165 cm³/mol. The molecule has 5 rings (SSSR count). The van der Waals surface area contributed by atoms with Crippen molar-refractivity contribution in [2.24, 2.45) is 0 Å². The Hall–Kier alpha value is -5.17. The lowest BCUT2D eigenvalue weighted by Crippen LogP contribution is -2.27. The standard InChI is InChI=1S/C31H31F3N8O2/c1-4-41(11-12-44-3)23-14-20(13-21(15-23)31(32,33)34)29(43)38-22-10-9-19(2)25(16-22)40-30-39-24-7-5-6-8-26(24)42(30)28-17-27(35)36-18-37-28/h5-10,13-18H,4,11-12H2,1-3H3,(H,38,43)(H,39,40)(H2,35,36,37). The SMILES string of the molecule is CCN(CCOC)c1cc(C(=O)Nc2ccc(C)c(Nc3nc4ccccc4n3-c3cc(N)ncn3)c2)cc(C(F)(F)F)c1. The van der Waals surface area contributed by atoms with Crippen molar-refractivity contribution in [3.63, 3.8) is 0 Å². The second-order valence-electron chi connectivity index (χ2n) is 10.0. The molecular weight excluding hydrogens is 573 g/mol. The number of ether oxygens (including phenoxy) is 1. The van der Waals surface area contributed by atoms with Crippen LogP contribution in [0.5, 0.6) is 0 Å². The molecule has 4 N–H and O–H groups in total. The quantitative estimate of drug-likeness (QED) is 0.172. The molecule has 0 aliphatic carbocycles. The molecular formula is C31H31F3N8O2. The van der Waals surface area contributed by atoms with E-state index in [-0.39, 0.29) is 17.1 Å². The second kappa shape index (κ2) is 12.6. The Morgan fingerprint density at radius 3 is 2.59 bits per heavy atom. The fourth-order valence-corrected chi connectivity index (χ4v) is 4.74. The van der Waals surface area contributed by atoms with Crippen LogP contribution in [0.25, 0.3) is 16.9 Å². The molecule has 0 aliphatic rings. The molecule has 3 aromatic carbocycles. The molecule has 5 aromatic rings. The number of imidazole rings is 1. The first-order valence-electron chi connectivity index (χ1n) is 13.8. The van der Waals surface area contributed by atoms with Crippen LogP contribution in [0.2, 0.25) is 0 Å². The largest absolute Gasteiger partial charge is 0.416 e. The highest BCUT2D eigenvalue weighted by molar-refractivity contribution is 6.05. The summed E-state index contributed by atoms with van der Waals surface area (Å²) in [6.07, 6.45) is -3.27. The number of carbonyl (C=O) groups is 1. The fraction of sp³-hybridized carbons (Fsp3) is 0.226. The maximum absolute atomic E-state index is 13.8. The Bertz CT molecular complexity index is 1810. The number of hydrogen-bond acceptors (Lipinski definition) is 8. The Morgan fingerprint density at radius 2 is 1.86 bits per heavy atom. The average molecular weight is 605 g/mol. The van der Waals surface area contributed by atoms with Gasteiger partial charge in [-0.1, -0.05) is 18.2 Å².